The van der Waals surface area contributed by atoms with Crippen LogP contribution in [0.1, 0.15) is 0 Å². The van der Waals surface area contributed by atoms with E-state index in [4.69, 9.17) is 21.1 Å². The number of likely N-dealkylation sites (N-methyl/N-ethyl adjacent to an activating group) is 1. The van der Waals surface area contributed by atoms with Crippen molar-refractivity contribution in [3.05, 3.63) is 84.0 Å². The van der Waals surface area contributed by atoms with Crippen LogP contribution in [-0.2, 0) is 4.79 Å². The Labute approximate surface area is 214 Å². The number of hydrogen-bond acceptors (Lipinski definition) is 7. The molecule has 0 atom stereocenters. The highest BCUT2D eigenvalue weighted by Crippen LogP contribution is 2.32. The second kappa shape index (κ2) is 11.5. The molecule has 0 radical (unpaired) electrons. The molecule has 4 rings (SSSR count). The Bertz CT molecular complexity index is 1410. The number of fused-ring (bicyclic) bond motifs is 1. The van der Waals surface area contributed by atoms with E-state index >= 15 is 0 Å². The number of halogens is 1. The van der Waals surface area contributed by atoms with E-state index in [1.807, 2.05) is 61.5 Å². The average molecular weight is 504 g/mol. The van der Waals surface area contributed by atoms with Crippen LogP contribution in [0.15, 0.2) is 79.0 Å². The summed E-state index contributed by atoms with van der Waals surface area (Å²) in [6, 6.07) is 19.0. The molecule has 8 nitrogen and oxygen atoms in total. The van der Waals surface area contributed by atoms with Crippen molar-refractivity contribution in [2.24, 2.45) is 0 Å². The van der Waals surface area contributed by atoms with Gasteiger partial charge in [0.2, 0.25) is 17.7 Å². The van der Waals surface area contributed by atoms with Gasteiger partial charge in [0, 0.05) is 18.7 Å². The lowest BCUT2D eigenvalue weighted by Crippen LogP contribution is -2.13. The predicted octanol–water partition coefficient (Wildman–Crippen LogP) is 5.88. The summed E-state index contributed by atoms with van der Waals surface area (Å²) in [5, 5.41) is 8.39. The zero-order valence-electron chi connectivity index (χ0n) is 20.2. The number of carbonyl (C=O) groups excluding carboxylic acids is 1. The lowest BCUT2D eigenvalue weighted by atomic mass is 10.1. The van der Waals surface area contributed by atoms with Gasteiger partial charge in [-0.2, -0.15) is 4.98 Å². The number of anilines is 3. The molecule has 36 heavy (non-hydrogen) atoms. The van der Waals surface area contributed by atoms with Gasteiger partial charge in [0.05, 0.1) is 24.7 Å². The van der Waals surface area contributed by atoms with E-state index in [9.17, 15) is 4.79 Å². The average Bonchev–Trinajstić information content (AvgIpc) is 2.86. The highest BCUT2D eigenvalue weighted by molar-refractivity contribution is 6.31. The number of hydrogen-bond donors (Lipinski definition) is 2. The first-order valence-electron chi connectivity index (χ1n) is 11.2. The number of amides is 1. The Morgan fingerprint density at radius 1 is 1.03 bits per heavy atom. The van der Waals surface area contributed by atoms with Crippen LogP contribution >= 0.6 is 11.6 Å². The Balaban J connectivity index is 1.56. The Morgan fingerprint density at radius 2 is 1.81 bits per heavy atom. The Hall–Kier alpha value is -4.14. The largest absolute Gasteiger partial charge is 0.497 e. The third kappa shape index (κ3) is 6.50. The fraction of sp³-hybridized carbons (Fsp3) is 0.148. The fourth-order valence-electron chi connectivity index (χ4n) is 3.35. The van der Waals surface area contributed by atoms with Crippen molar-refractivity contribution in [1.29, 1.82) is 0 Å². The zero-order chi connectivity index (χ0) is 25.5. The number of benzene rings is 3. The van der Waals surface area contributed by atoms with Gasteiger partial charge in [0.15, 0.2) is 0 Å². The van der Waals surface area contributed by atoms with E-state index in [2.05, 4.69) is 20.6 Å². The molecule has 0 aliphatic rings. The monoisotopic (exact) mass is 503 g/mol. The fourth-order valence-corrected chi connectivity index (χ4v) is 3.48. The highest BCUT2D eigenvalue weighted by Gasteiger charge is 2.12. The van der Waals surface area contributed by atoms with Crippen molar-refractivity contribution in [2.45, 2.75) is 0 Å². The van der Waals surface area contributed by atoms with Gasteiger partial charge in [0.25, 0.3) is 0 Å². The van der Waals surface area contributed by atoms with Crippen molar-refractivity contribution in [3.63, 3.8) is 0 Å². The first kappa shape index (κ1) is 25.0. The van der Waals surface area contributed by atoms with Crippen molar-refractivity contribution in [1.82, 2.24) is 14.9 Å². The van der Waals surface area contributed by atoms with E-state index in [-0.39, 0.29) is 22.8 Å². The van der Waals surface area contributed by atoms with Crippen LogP contribution in [0.2, 0.25) is 5.02 Å². The van der Waals surface area contributed by atoms with Crippen molar-refractivity contribution in [2.75, 3.05) is 38.4 Å². The Kier molecular flexibility index (Phi) is 7.99. The smallest absolute Gasteiger partial charge is 0.248 e. The van der Waals surface area contributed by atoms with Crippen LogP contribution in [0, 0.1) is 0 Å². The number of nitrogens with zero attached hydrogens (tertiary/aromatic N) is 3. The molecule has 0 unspecified atom stereocenters. The zero-order valence-corrected chi connectivity index (χ0v) is 20.9. The van der Waals surface area contributed by atoms with E-state index in [0.717, 1.165) is 10.8 Å². The number of ether oxygens (including phenoxy) is 2. The molecule has 0 aliphatic heterocycles. The first-order chi connectivity index (χ1) is 17.4. The van der Waals surface area contributed by atoms with Crippen LogP contribution in [0.4, 0.5) is 17.3 Å². The predicted molar refractivity (Wildman–Crippen MR) is 144 cm³/mol. The summed E-state index contributed by atoms with van der Waals surface area (Å²) >= 11 is 6.32. The second-order valence-electron chi connectivity index (χ2n) is 8.15. The van der Waals surface area contributed by atoms with Gasteiger partial charge >= 0.3 is 0 Å². The standard InChI is InChI=1S/C27H26ClN5O3/c1-33(2)14-6-9-25(34)30-23-13-12-20(35-3)16-24(23)31-27-29-17-22(28)26(32-27)36-21-11-10-18-7-4-5-8-19(18)15-21/h4-13,15-17H,14H2,1-3H3,(H,30,34)(H,29,31,32)/b9-6+. The van der Waals surface area contributed by atoms with Gasteiger partial charge < -0.3 is 25.0 Å². The summed E-state index contributed by atoms with van der Waals surface area (Å²) in [7, 11) is 5.42. The van der Waals surface area contributed by atoms with E-state index in [1.165, 1.54) is 12.3 Å². The van der Waals surface area contributed by atoms with Crippen LogP contribution in [0.25, 0.3) is 10.8 Å². The molecule has 2 N–H and O–H groups in total. The van der Waals surface area contributed by atoms with Gasteiger partial charge in [-0.1, -0.05) is 48.0 Å². The molecule has 1 aromatic heterocycles. The van der Waals surface area contributed by atoms with Crippen molar-refractivity contribution < 1.29 is 14.3 Å². The molecular formula is C27H26ClN5O3. The van der Waals surface area contributed by atoms with Gasteiger partial charge in [-0.15, -0.1) is 0 Å². The quantitative estimate of drug-likeness (QED) is 0.275. The van der Waals surface area contributed by atoms with E-state index < -0.39 is 0 Å². The minimum absolute atomic E-state index is 0.199. The van der Waals surface area contributed by atoms with Gasteiger partial charge in [-0.3, -0.25) is 4.79 Å². The summed E-state index contributed by atoms with van der Waals surface area (Å²) in [4.78, 5) is 23.1. The maximum atomic E-state index is 12.4. The molecule has 1 amide bonds. The molecule has 184 valence electrons. The summed E-state index contributed by atoms with van der Waals surface area (Å²) in [5.41, 5.74) is 1.08. The number of aromatic nitrogens is 2. The molecule has 9 heteroatoms. The normalized spacial score (nSPS) is 11.1. The number of nitrogens with one attached hydrogen (secondary N) is 2. The topological polar surface area (TPSA) is 88.6 Å². The maximum absolute atomic E-state index is 12.4. The molecule has 0 fully saturated rings. The van der Waals surface area contributed by atoms with Gasteiger partial charge in [0.1, 0.15) is 16.5 Å². The van der Waals surface area contributed by atoms with Crippen LogP contribution < -0.4 is 20.1 Å². The SMILES string of the molecule is COc1ccc(NC(=O)/C=C/CN(C)C)c(Nc2ncc(Cl)c(Oc3ccc4ccccc4c3)n2)c1. The first-order valence-corrected chi connectivity index (χ1v) is 11.6. The molecule has 0 saturated carbocycles. The molecule has 3 aromatic carbocycles. The van der Waals surface area contributed by atoms with Crippen molar-refractivity contribution >= 4 is 45.6 Å². The number of carbonyl (C=O) groups is 1. The molecule has 0 spiro atoms. The second-order valence-corrected chi connectivity index (χ2v) is 8.56. The Morgan fingerprint density at radius 3 is 2.58 bits per heavy atom. The summed E-state index contributed by atoms with van der Waals surface area (Å²) in [6.45, 7) is 0.653. The van der Waals surface area contributed by atoms with E-state index in [0.29, 0.717) is 29.4 Å². The highest BCUT2D eigenvalue weighted by atomic mass is 35.5. The summed E-state index contributed by atoms with van der Waals surface area (Å²) in [5.74, 6) is 1.37. The van der Waals surface area contributed by atoms with Gasteiger partial charge in [-0.05, 0) is 49.1 Å². The third-order valence-electron chi connectivity index (χ3n) is 5.12. The molecule has 0 saturated heterocycles. The van der Waals surface area contributed by atoms with E-state index in [1.54, 1.807) is 31.4 Å². The van der Waals surface area contributed by atoms with Gasteiger partial charge in [-0.25, -0.2) is 4.98 Å². The maximum Gasteiger partial charge on any atom is 0.248 e. The van der Waals surface area contributed by atoms with Crippen LogP contribution in [0.3, 0.4) is 0 Å². The van der Waals surface area contributed by atoms with Crippen LogP contribution in [0.5, 0.6) is 17.4 Å². The minimum Gasteiger partial charge on any atom is -0.497 e. The lowest BCUT2D eigenvalue weighted by molar-refractivity contribution is -0.111. The van der Waals surface area contributed by atoms with Crippen LogP contribution in [-0.4, -0.2) is 48.5 Å². The number of methoxy groups -OCH3 is 1. The summed E-state index contributed by atoms with van der Waals surface area (Å²) in [6.07, 6.45) is 4.72. The summed E-state index contributed by atoms with van der Waals surface area (Å²) < 4.78 is 11.3. The third-order valence-corrected chi connectivity index (χ3v) is 5.38. The van der Waals surface area contributed by atoms with Crippen molar-refractivity contribution in [3.8, 4) is 17.4 Å². The molecular weight excluding hydrogens is 478 g/mol. The lowest BCUT2D eigenvalue weighted by Gasteiger charge is -2.14. The molecule has 1 heterocycles. The number of rotatable bonds is 9. The molecule has 0 bridgehead atoms. The molecule has 0 aliphatic carbocycles. The molecule has 4 aromatic rings. The minimum atomic E-state index is -0.262.